The van der Waals surface area contributed by atoms with E-state index in [-0.39, 0.29) is 19.8 Å². The standard InChI is InChI=1S/C20H22O6/c1-2-24-19(20(22)23)18(16-11-7-4-8-12-16)26-14-17(21)25-13-15-9-5-3-6-10-15/h3-12,18-19H,2,13-14H2,1H3,(H,22,23). The average Bonchev–Trinajstić information content (AvgIpc) is 2.67. The van der Waals surface area contributed by atoms with Gasteiger partial charge in [-0.1, -0.05) is 60.7 Å². The fourth-order valence-corrected chi connectivity index (χ4v) is 2.41. The second-order valence-electron chi connectivity index (χ2n) is 5.50. The van der Waals surface area contributed by atoms with Crippen LogP contribution in [0.3, 0.4) is 0 Å². The lowest BCUT2D eigenvalue weighted by Gasteiger charge is -2.24. The Kier molecular flexibility index (Phi) is 7.79. The van der Waals surface area contributed by atoms with Gasteiger partial charge in [-0.25, -0.2) is 9.59 Å². The van der Waals surface area contributed by atoms with Crippen molar-refractivity contribution in [2.45, 2.75) is 25.7 Å². The molecule has 0 radical (unpaired) electrons. The lowest BCUT2D eigenvalue weighted by molar-refractivity contribution is -0.169. The summed E-state index contributed by atoms with van der Waals surface area (Å²) >= 11 is 0. The smallest absolute Gasteiger partial charge is 0.335 e. The van der Waals surface area contributed by atoms with Crippen molar-refractivity contribution in [2.24, 2.45) is 0 Å². The minimum atomic E-state index is -1.22. The molecule has 26 heavy (non-hydrogen) atoms. The molecule has 2 unspecified atom stereocenters. The zero-order chi connectivity index (χ0) is 18.8. The van der Waals surface area contributed by atoms with E-state index in [0.717, 1.165) is 5.56 Å². The van der Waals surface area contributed by atoms with Crippen molar-refractivity contribution < 1.29 is 28.9 Å². The van der Waals surface area contributed by atoms with Crippen LogP contribution in [-0.4, -0.2) is 36.4 Å². The van der Waals surface area contributed by atoms with Crippen LogP contribution in [0.1, 0.15) is 24.2 Å². The number of benzene rings is 2. The zero-order valence-electron chi connectivity index (χ0n) is 14.5. The molecule has 2 aromatic rings. The summed E-state index contributed by atoms with van der Waals surface area (Å²) in [6.45, 7) is 1.67. The molecule has 2 aromatic carbocycles. The monoisotopic (exact) mass is 358 g/mol. The first-order chi connectivity index (χ1) is 12.6. The highest BCUT2D eigenvalue weighted by Crippen LogP contribution is 2.24. The molecular weight excluding hydrogens is 336 g/mol. The molecule has 0 aromatic heterocycles. The minimum absolute atomic E-state index is 0.132. The van der Waals surface area contributed by atoms with Crippen molar-refractivity contribution in [1.82, 2.24) is 0 Å². The van der Waals surface area contributed by atoms with Crippen LogP contribution in [0.2, 0.25) is 0 Å². The topological polar surface area (TPSA) is 82.1 Å². The molecule has 6 heteroatoms. The zero-order valence-corrected chi connectivity index (χ0v) is 14.5. The van der Waals surface area contributed by atoms with E-state index in [1.54, 1.807) is 31.2 Å². The van der Waals surface area contributed by atoms with Gasteiger partial charge in [-0.3, -0.25) is 0 Å². The van der Waals surface area contributed by atoms with Gasteiger partial charge in [0, 0.05) is 6.61 Å². The predicted molar refractivity (Wildman–Crippen MR) is 94.4 cm³/mol. The summed E-state index contributed by atoms with van der Waals surface area (Å²) in [7, 11) is 0. The number of rotatable bonds is 10. The largest absolute Gasteiger partial charge is 0.479 e. The molecule has 1 N–H and O–H groups in total. The average molecular weight is 358 g/mol. The van der Waals surface area contributed by atoms with Gasteiger partial charge >= 0.3 is 11.9 Å². The van der Waals surface area contributed by atoms with Crippen LogP contribution in [-0.2, 0) is 30.4 Å². The first kappa shape index (κ1) is 19.6. The summed E-state index contributed by atoms with van der Waals surface area (Å²) in [5.74, 6) is -1.73. The molecule has 0 aliphatic heterocycles. The van der Waals surface area contributed by atoms with E-state index in [0.29, 0.717) is 5.56 Å². The van der Waals surface area contributed by atoms with Crippen LogP contribution < -0.4 is 0 Å². The van der Waals surface area contributed by atoms with E-state index in [1.807, 2.05) is 36.4 Å². The predicted octanol–water partition coefficient (Wildman–Crippen LogP) is 2.98. The summed E-state index contributed by atoms with van der Waals surface area (Å²) < 4.78 is 16.0. The Bertz CT molecular complexity index is 686. The van der Waals surface area contributed by atoms with Gasteiger partial charge in [-0.05, 0) is 18.1 Å². The third kappa shape index (κ3) is 5.98. The van der Waals surface area contributed by atoms with Crippen LogP contribution in [0, 0.1) is 0 Å². The first-order valence-corrected chi connectivity index (χ1v) is 8.32. The molecular formula is C20H22O6. The van der Waals surface area contributed by atoms with Gasteiger partial charge in [0.15, 0.2) is 6.10 Å². The van der Waals surface area contributed by atoms with Crippen molar-refractivity contribution in [2.75, 3.05) is 13.2 Å². The summed E-state index contributed by atoms with van der Waals surface area (Å²) in [5, 5.41) is 9.43. The molecule has 0 saturated heterocycles. The Morgan fingerprint density at radius 1 is 0.962 bits per heavy atom. The number of carbonyl (C=O) groups is 2. The summed E-state index contributed by atoms with van der Waals surface area (Å²) in [5.41, 5.74) is 1.47. The number of ether oxygens (including phenoxy) is 3. The van der Waals surface area contributed by atoms with Crippen LogP contribution in [0.4, 0.5) is 0 Å². The van der Waals surface area contributed by atoms with E-state index in [2.05, 4.69) is 0 Å². The number of carboxylic acid groups (broad SMARTS) is 1. The first-order valence-electron chi connectivity index (χ1n) is 8.32. The quantitative estimate of drug-likeness (QED) is 0.658. The third-order valence-corrected chi connectivity index (χ3v) is 3.62. The molecule has 6 nitrogen and oxygen atoms in total. The molecule has 0 bridgehead atoms. The van der Waals surface area contributed by atoms with Crippen molar-refractivity contribution in [3.05, 3.63) is 71.8 Å². The van der Waals surface area contributed by atoms with E-state index >= 15 is 0 Å². The summed E-state index contributed by atoms with van der Waals surface area (Å²) in [6, 6.07) is 18.1. The lowest BCUT2D eigenvalue weighted by Crippen LogP contribution is -2.34. The van der Waals surface area contributed by atoms with Crippen LogP contribution >= 0.6 is 0 Å². The maximum Gasteiger partial charge on any atom is 0.335 e. The molecule has 0 saturated carbocycles. The number of carboxylic acids is 1. The van der Waals surface area contributed by atoms with Gasteiger partial charge in [0.05, 0.1) is 0 Å². The van der Waals surface area contributed by atoms with Gasteiger partial charge in [-0.2, -0.15) is 0 Å². The number of hydrogen-bond acceptors (Lipinski definition) is 5. The van der Waals surface area contributed by atoms with Gasteiger partial charge < -0.3 is 19.3 Å². The van der Waals surface area contributed by atoms with Crippen LogP contribution in [0.5, 0.6) is 0 Å². The molecule has 138 valence electrons. The Hall–Kier alpha value is -2.70. The van der Waals surface area contributed by atoms with E-state index in [9.17, 15) is 14.7 Å². The van der Waals surface area contributed by atoms with Gasteiger partial charge in [0.1, 0.15) is 19.3 Å². The number of hydrogen-bond donors (Lipinski definition) is 1. The van der Waals surface area contributed by atoms with Crippen LogP contribution in [0.25, 0.3) is 0 Å². The molecule has 0 aliphatic carbocycles. The van der Waals surface area contributed by atoms with Crippen molar-refractivity contribution in [3.63, 3.8) is 0 Å². The highest BCUT2D eigenvalue weighted by atomic mass is 16.6. The highest BCUT2D eigenvalue weighted by molar-refractivity contribution is 5.74. The van der Waals surface area contributed by atoms with Gasteiger partial charge in [-0.15, -0.1) is 0 Å². The Balaban J connectivity index is 1.99. The second-order valence-corrected chi connectivity index (χ2v) is 5.50. The summed E-state index contributed by atoms with van der Waals surface area (Å²) in [6.07, 6.45) is -2.14. The van der Waals surface area contributed by atoms with Gasteiger partial charge in [0.2, 0.25) is 0 Å². The lowest BCUT2D eigenvalue weighted by atomic mass is 10.0. The number of esters is 1. The maximum absolute atomic E-state index is 12.0. The summed E-state index contributed by atoms with van der Waals surface area (Å²) in [4.78, 5) is 23.5. The highest BCUT2D eigenvalue weighted by Gasteiger charge is 2.31. The fraction of sp³-hybridized carbons (Fsp3) is 0.300. The SMILES string of the molecule is CCOC(C(=O)O)C(OCC(=O)OCc1ccccc1)c1ccccc1. The normalized spacial score (nSPS) is 13.0. The molecule has 0 aliphatic rings. The van der Waals surface area contributed by atoms with E-state index in [1.165, 1.54) is 0 Å². The van der Waals surface area contributed by atoms with E-state index < -0.39 is 24.1 Å². The molecule has 2 atom stereocenters. The molecule has 0 fully saturated rings. The Morgan fingerprint density at radius 3 is 2.15 bits per heavy atom. The Morgan fingerprint density at radius 2 is 1.58 bits per heavy atom. The molecule has 0 heterocycles. The number of aliphatic carboxylic acids is 1. The maximum atomic E-state index is 12.0. The number of carbonyl (C=O) groups excluding carboxylic acids is 1. The molecule has 0 amide bonds. The molecule has 2 rings (SSSR count). The minimum Gasteiger partial charge on any atom is -0.479 e. The van der Waals surface area contributed by atoms with E-state index in [4.69, 9.17) is 14.2 Å². The van der Waals surface area contributed by atoms with Crippen molar-refractivity contribution >= 4 is 11.9 Å². The van der Waals surface area contributed by atoms with Gasteiger partial charge in [0.25, 0.3) is 0 Å². The second kappa shape index (κ2) is 10.3. The Labute approximate surface area is 152 Å². The third-order valence-electron chi connectivity index (χ3n) is 3.62. The fourth-order valence-electron chi connectivity index (χ4n) is 2.41. The molecule has 0 spiro atoms. The van der Waals surface area contributed by atoms with Crippen molar-refractivity contribution in [3.8, 4) is 0 Å². The van der Waals surface area contributed by atoms with Crippen LogP contribution in [0.15, 0.2) is 60.7 Å². The van der Waals surface area contributed by atoms with Crippen molar-refractivity contribution in [1.29, 1.82) is 0 Å².